The van der Waals surface area contributed by atoms with Gasteiger partial charge in [-0.25, -0.2) is 4.98 Å². The first-order valence-corrected chi connectivity index (χ1v) is 24.5. The Hall–Kier alpha value is -6.55. The summed E-state index contributed by atoms with van der Waals surface area (Å²) >= 11 is 0. The minimum Gasteiger partial charge on any atom is -0.510 e. The molecule has 6 heteroatoms. The van der Waals surface area contributed by atoms with Crippen LogP contribution in [0.25, 0.3) is 72.3 Å². The fourth-order valence-electron chi connectivity index (χ4n) is 9.44. The molecule has 0 N–H and O–H groups in total. The minimum atomic E-state index is -1.64. The zero-order valence-electron chi connectivity index (χ0n) is 50.3. The molecule has 0 unspecified atom stereocenters. The Morgan fingerprint density at radius 3 is 1.99 bits per heavy atom. The average molecular weight is 1130 g/mol. The molecule has 0 saturated carbocycles. The molecule has 0 aliphatic carbocycles. The molecule has 0 fully saturated rings. The van der Waals surface area contributed by atoms with Crippen LogP contribution in [0.15, 0.2) is 158 Å². The maximum atomic E-state index is 9.24. The van der Waals surface area contributed by atoms with Gasteiger partial charge in [0.05, 0.1) is 23.6 Å². The number of hydrogen-bond acceptors (Lipinski definition) is 2. The van der Waals surface area contributed by atoms with E-state index in [9.17, 15) is 2.74 Å². The van der Waals surface area contributed by atoms with Crippen molar-refractivity contribution in [3.63, 3.8) is 0 Å². The van der Waals surface area contributed by atoms with Crippen LogP contribution in [-0.2, 0) is 44.7 Å². The molecule has 0 aliphatic rings. The molecule has 0 spiro atoms. The average Bonchev–Trinajstić information content (AvgIpc) is 4.12. The first-order chi connectivity index (χ1) is 36.5. The Kier molecular flexibility index (Phi) is 11.2. The van der Waals surface area contributed by atoms with Crippen molar-refractivity contribution < 1.29 is 40.0 Å². The van der Waals surface area contributed by atoms with Crippen LogP contribution in [0.2, 0.25) is 0 Å². The summed E-state index contributed by atoms with van der Waals surface area (Å²) in [6, 6.07) is 45.3. The molecule has 0 radical (unpaired) electrons. The van der Waals surface area contributed by atoms with E-state index in [2.05, 4.69) is 117 Å². The van der Waals surface area contributed by atoms with Gasteiger partial charge in [-0.1, -0.05) is 192 Å². The number of para-hydroxylation sites is 3. The van der Waals surface area contributed by atoms with Crippen LogP contribution in [-0.4, -0.2) is 14.1 Å². The van der Waals surface area contributed by atoms with Crippen LogP contribution < -0.4 is 9.30 Å². The van der Waals surface area contributed by atoms with E-state index in [4.69, 9.17) is 16.6 Å². The van der Waals surface area contributed by atoms with Gasteiger partial charge in [0.2, 0.25) is 0 Å². The molecule has 7 aromatic carbocycles. The van der Waals surface area contributed by atoms with Gasteiger partial charge in [0.1, 0.15) is 5.82 Å². The number of pyridine rings is 1. The Labute approximate surface area is 451 Å². The molecule has 0 aliphatic heterocycles. The van der Waals surface area contributed by atoms with Crippen LogP contribution in [0.4, 0.5) is 0 Å². The second kappa shape index (κ2) is 19.1. The van der Waals surface area contributed by atoms with Gasteiger partial charge in [0.25, 0.3) is 6.33 Å². The fourth-order valence-corrected chi connectivity index (χ4v) is 9.44. The Balaban J connectivity index is 0.00000757. The summed E-state index contributed by atoms with van der Waals surface area (Å²) in [4.78, 5) is 4.84. The van der Waals surface area contributed by atoms with Crippen molar-refractivity contribution in [1.29, 1.82) is 0 Å². The third kappa shape index (κ3) is 10.4. The number of imidazole rings is 1. The summed E-state index contributed by atoms with van der Waals surface area (Å²) in [5, 5.41) is 1.99. The van der Waals surface area contributed by atoms with Gasteiger partial charge in [-0.2, -0.15) is 18.2 Å². The van der Waals surface area contributed by atoms with Crippen molar-refractivity contribution in [2.75, 3.05) is 0 Å². The molecule has 72 heavy (non-hydrogen) atoms. The first-order valence-electron chi connectivity index (χ1n) is 28.0. The minimum absolute atomic E-state index is 0. The van der Waals surface area contributed by atoms with Crippen molar-refractivity contribution in [3.8, 4) is 50.9 Å². The van der Waals surface area contributed by atoms with Gasteiger partial charge < -0.3 is 13.9 Å². The number of aromatic nitrogens is 4. The van der Waals surface area contributed by atoms with E-state index in [0.717, 1.165) is 61.5 Å². The van der Waals surface area contributed by atoms with Crippen molar-refractivity contribution >= 4 is 32.8 Å². The molecule has 5 nitrogen and oxygen atoms in total. The second-order valence-corrected chi connectivity index (χ2v) is 23.0. The van der Waals surface area contributed by atoms with Gasteiger partial charge in [-0.15, -0.1) is 29.7 Å². The Morgan fingerprint density at radius 1 is 0.611 bits per heavy atom. The topological polar surface area (TPSA) is 35.9 Å². The van der Waals surface area contributed by atoms with Crippen LogP contribution in [0.5, 0.6) is 11.5 Å². The Bertz CT molecular complexity index is 3960. The summed E-state index contributed by atoms with van der Waals surface area (Å²) in [5.74, 6) is 1.43. The third-order valence-corrected chi connectivity index (χ3v) is 12.7. The van der Waals surface area contributed by atoms with Crippen LogP contribution in [0.1, 0.15) is 115 Å². The zero-order chi connectivity index (χ0) is 56.2. The van der Waals surface area contributed by atoms with Crippen molar-refractivity contribution in [2.24, 2.45) is 10.8 Å². The molecule has 10 rings (SSSR count). The van der Waals surface area contributed by atoms with Crippen LogP contribution in [0, 0.1) is 29.3 Å². The number of fused-ring (bicyclic) bond motifs is 4. The second-order valence-electron chi connectivity index (χ2n) is 23.0. The van der Waals surface area contributed by atoms with Crippen molar-refractivity contribution in [3.05, 3.63) is 198 Å². The number of benzene rings is 7. The third-order valence-electron chi connectivity index (χ3n) is 12.7. The van der Waals surface area contributed by atoms with E-state index in [1.807, 2.05) is 113 Å². The van der Waals surface area contributed by atoms with Gasteiger partial charge in [-0.3, -0.25) is 4.57 Å². The van der Waals surface area contributed by atoms with Crippen LogP contribution in [0.3, 0.4) is 0 Å². The first kappa shape index (κ1) is 42.0. The monoisotopic (exact) mass is 1130 g/mol. The van der Waals surface area contributed by atoms with E-state index < -0.39 is 29.9 Å². The molecule has 0 atom stereocenters. The van der Waals surface area contributed by atoms with Crippen LogP contribution >= 0.6 is 0 Å². The molecule has 0 bridgehead atoms. The maximum Gasteiger partial charge on any atom is 0.268 e. The number of nitrogens with zero attached hydrogens (tertiary/aromatic N) is 4. The molecular formula is C66H66N4OPt-2. The quantitative estimate of drug-likeness (QED) is 0.107. The molecule has 0 amide bonds. The summed E-state index contributed by atoms with van der Waals surface area (Å²) in [6.45, 7) is 25.6. The predicted octanol–water partition coefficient (Wildman–Crippen LogP) is 16.7. The molecule has 3 heterocycles. The zero-order valence-corrected chi connectivity index (χ0v) is 45.6. The number of ether oxygens (including phenoxy) is 1. The van der Waals surface area contributed by atoms with E-state index >= 15 is 0 Å². The smallest absolute Gasteiger partial charge is 0.268 e. The molecule has 0 saturated heterocycles. The van der Waals surface area contributed by atoms with E-state index in [-0.39, 0.29) is 55.0 Å². The number of hydrogen-bond donors (Lipinski definition) is 0. The molecule has 10 aromatic rings. The molecule has 368 valence electrons. The predicted molar refractivity (Wildman–Crippen MR) is 295 cm³/mol. The summed E-state index contributed by atoms with van der Waals surface area (Å²) in [5.41, 5.74) is 9.67. The largest absolute Gasteiger partial charge is 0.510 e. The molecule has 3 aromatic heterocycles. The summed E-state index contributed by atoms with van der Waals surface area (Å²) in [7, 11) is 0. The SMILES string of the molecule is [2H]c1c([2H])c([2H])c(-c2cccc(-c3cc(C(C)(C)C)cc(C(C)(C)C)c3)c2-[n+]2[c-]n(-c3[c-]c(Oc4[c-]c5c(cc4)c4cc(CC(C)(C)C)ccc4n5-c4cc(C([2H])([2H])C(C)(C)C)ccn4)ccc3)c3ccccc32)c([2H])c1[2H].[Pt]. The van der Waals surface area contributed by atoms with Crippen molar-refractivity contribution in [1.82, 2.24) is 14.1 Å². The maximum absolute atomic E-state index is 9.24. The summed E-state index contributed by atoms with van der Waals surface area (Å²) < 4.78 is 75.4. The normalized spacial score (nSPS) is 14.0. The van der Waals surface area contributed by atoms with Gasteiger partial charge in [0.15, 0.2) is 0 Å². The van der Waals surface area contributed by atoms with Gasteiger partial charge >= 0.3 is 0 Å². The Morgan fingerprint density at radius 2 is 1.29 bits per heavy atom. The van der Waals surface area contributed by atoms with Crippen molar-refractivity contribution in [2.45, 2.75) is 107 Å². The van der Waals surface area contributed by atoms with Gasteiger partial charge in [-0.05, 0) is 108 Å². The standard InChI is InChI=1S/C66H66N4O.Pt/c1-63(2,3)41-44-28-31-57-56(34-44)55-30-29-52(40-60(55)70(57)61-35-45(32-33-67-61)42-64(4,5)6)71-51-23-18-22-50(39-51)68-43-69(59-27-17-16-26-58(59)68)62-53(46-20-14-13-15-21-46)24-19-25-54(62)47-36-48(65(7,8)9)38-49(37-47)66(10,11)12;/h13-38H,41-42H2,1-12H3;/q-2;/i13D,14D,15D,20D,21D,42D2;. The fraction of sp³-hybridized carbons (Fsp3) is 0.273. The molecular weight excluding hydrogens is 1060 g/mol. The van der Waals surface area contributed by atoms with Gasteiger partial charge in [0, 0.05) is 47.0 Å². The van der Waals surface area contributed by atoms with E-state index in [0.29, 0.717) is 39.8 Å². The van der Waals surface area contributed by atoms with E-state index in [1.54, 1.807) is 12.3 Å². The number of rotatable bonds is 9. The van der Waals surface area contributed by atoms with E-state index in [1.165, 1.54) is 5.56 Å². The summed E-state index contributed by atoms with van der Waals surface area (Å²) in [6.07, 6.45) is 4.57.